The van der Waals surface area contributed by atoms with Crippen molar-refractivity contribution >= 4 is 52.1 Å². The van der Waals surface area contributed by atoms with E-state index in [0.717, 1.165) is 0 Å². The number of rotatable bonds is 4. The maximum Gasteiger partial charge on any atom is 0.257 e. The van der Waals surface area contributed by atoms with Crippen LogP contribution in [0.1, 0.15) is 24.2 Å². The molecule has 2 aromatic rings. The van der Waals surface area contributed by atoms with E-state index in [1.54, 1.807) is 24.3 Å². The number of amides is 1. The predicted molar refractivity (Wildman–Crippen MR) is 104 cm³/mol. The van der Waals surface area contributed by atoms with Crippen LogP contribution in [0.4, 0.5) is 5.69 Å². The van der Waals surface area contributed by atoms with E-state index < -0.39 is 5.91 Å². The van der Waals surface area contributed by atoms with Gasteiger partial charge in [-0.25, -0.2) is 0 Å². The molecule has 0 radical (unpaired) electrons. The maximum absolute atomic E-state index is 12.3. The second kappa shape index (κ2) is 8.38. The fourth-order valence-electron chi connectivity index (χ4n) is 1.97. The van der Waals surface area contributed by atoms with Gasteiger partial charge in [0.1, 0.15) is 5.75 Å². The number of hydrogen-bond donors (Lipinski definition) is 3. The van der Waals surface area contributed by atoms with Gasteiger partial charge in [-0.3, -0.25) is 10.1 Å². The van der Waals surface area contributed by atoms with E-state index in [9.17, 15) is 9.90 Å². The first kappa shape index (κ1) is 19.3. The third-order valence-electron chi connectivity index (χ3n) is 2.97. The molecule has 0 aromatic heterocycles. The van der Waals surface area contributed by atoms with Crippen molar-refractivity contribution in [3.05, 3.63) is 52.0 Å². The molecular weight excluding hydrogens is 383 g/mol. The second-order valence-electron chi connectivity index (χ2n) is 5.39. The molecule has 1 amide bonds. The number of anilines is 1. The Morgan fingerprint density at radius 3 is 2.64 bits per heavy atom. The van der Waals surface area contributed by atoms with Crippen LogP contribution in [0.5, 0.6) is 11.5 Å². The minimum absolute atomic E-state index is 0.00314. The first-order chi connectivity index (χ1) is 11.8. The molecule has 0 heterocycles. The monoisotopic (exact) mass is 398 g/mol. The molecule has 0 bridgehead atoms. The van der Waals surface area contributed by atoms with Crippen LogP contribution in [0.25, 0.3) is 0 Å². The third-order valence-corrected chi connectivity index (χ3v) is 3.68. The average Bonchev–Trinajstić information content (AvgIpc) is 2.51. The molecule has 132 valence electrons. The standard InChI is InChI=1S/C17H16Cl2N2O3S/c1-9(2)24-12-5-3-4-10(6-12)16(23)21-17(25)20-14-8-11(18)7-13(19)15(14)22/h3-9,22H,1-2H3,(H2,20,21,23,25). The number of benzene rings is 2. The minimum atomic E-state index is -0.417. The van der Waals surface area contributed by atoms with E-state index in [2.05, 4.69) is 10.6 Å². The molecule has 8 heteroatoms. The summed E-state index contributed by atoms with van der Waals surface area (Å²) in [4.78, 5) is 12.3. The zero-order chi connectivity index (χ0) is 18.6. The SMILES string of the molecule is CC(C)Oc1cccc(C(=O)NC(=S)Nc2cc(Cl)cc(Cl)c2O)c1. The van der Waals surface area contributed by atoms with Gasteiger partial charge in [-0.1, -0.05) is 29.3 Å². The summed E-state index contributed by atoms with van der Waals surface area (Å²) < 4.78 is 5.56. The third kappa shape index (κ3) is 5.49. The molecule has 0 saturated heterocycles. The van der Waals surface area contributed by atoms with Crippen molar-refractivity contribution in [2.24, 2.45) is 0 Å². The topological polar surface area (TPSA) is 70.6 Å². The molecule has 0 aliphatic carbocycles. The number of carbonyl (C=O) groups is 1. The van der Waals surface area contributed by atoms with E-state index >= 15 is 0 Å². The minimum Gasteiger partial charge on any atom is -0.504 e. The fraction of sp³-hybridized carbons (Fsp3) is 0.176. The molecule has 0 aliphatic rings. The molecule has 5 nitrogen and oxygen atoms in total. The molecule has 0 fully saturated rings. The number of ether oxygens (including phenoxy) is 1. The van der Waals surface area contributed by atoms with Crippen LogP contribution >= 0.6 is 35.4 Å². The molecule has 2 rings (SSSR count). The number of hydrogen-bond acceptors (Lipinski definition) is 4. The van der Waals surface area contributed by atoms with E-state index in [4.69, 9.17) is 40.2 Å². The van der Waals surface area contributed by atoms with Gasteiger partial charge in [-0.2, -0.15) is 0 Å². The summed E-state index contributed by atoms with van der Waals surface area (Å²) in [5.41, 5.74) is 0.579. The van der Waals surface area contributed by atoms with Gasteiger partial charge in [0.15, 0.2) is 10.9 Å². The Hall–Kier alpha value is -2.02. The number of aromatic hydroxyl groups is 1. The molecule has 0 spiro atoms. The van der Waals surface area contributed by atoms with Crippen molar-refractivity contribution in [3.8, 4) is 11.5 Å². The second-order valence-corrected chi connectivity index (χ2v) is 6.64. The Labute approximate surface area is 160 Å². The Balaban J connectivity index is 2.07. The van der Waals surface area contributed by atoms with Crippen LogP contribution in [0.2, 0.25) is 10.0 Å². The smallest absolute Gasteiger partial charge is 0.257 e. The Bertz CT molecular complexity index is 812. The van der Waals surface area contributed by atoms with Crippen LogP contribution in [-0.4, -0.2) is 22.2 Å². The van der Waals surface area contributed by atoms with Crippen molar-refractivity contribution < 1.29 is 14.6 Å². The Morgan fingerprint density at radius 1 is 1.24 bits per heavy atom. The number of phenolic OH excluding ortho intramolecular Hbond substituents is 1. The number of thiocarbonyl (C=S) groups is 1. The normalized spacial score (nSPS) is 10.4. The lowest BCUT2D eigenvalue weighted by Crippen LogP contribution is -2.34. The van der Waals surface area contributed by atoms with Gasteiger partial charge in [0.25, 0.3) is 5.91 Å². The summed E-state index contributed by atoms with van der Waals surface area (Å²) in [6, 6.07) is 9.57. The zero-order valence-electron chi connectivity index (χ0n) is 13.5. The van der Waals surface area contributed by atoms with Crippen molar-refractivity contribution in [1.29, 1.82) is 0 Å². The fourth-order valence-corrected chi connectivity index (χ4v) is 2.67. The quantitative estimate of drug-likeness (QED) is 0.517. The van der Waals surface area contributed by atoms with Crippen LogP contribution in [0.15, 0.2) is 36.4 Å². The summed E-state index contributed by atoms with van der Waals surface area (Å²) in [6.45, 7) is 3.79. The van der Waals surface area contributed by atoms with E-state index in [0.29, 0.717) is 16.3 Å². The number of carbonyl (C=O) groups excluding carboxylic acids is 1. The highest BCUT2D eigenvalue weighted by atomic mass is 35.5. The van der Waals surface area contributed by atoms with Crippen molar-refractivity contribution in [3.63, 3.8) is 0 Å². The molecule has 0 atom stereocenters. The first-order valence-corrected chi connectivity index (χ1v) is 8.49. The molecule has 0 saturated carbocycles. The lowest BCUT2D eigenvalue weighted by molar-refractivity contribution is 0.0977. The average molecular weight is 399 g/mol. The van der Waals surface area contributed by atoms with Crippen LogP contribution in [0.3, 0.4) is 0 Å². The highest BCUT2D eigenvalue weighted by Gasteiger charge is 2.13. The largest absolute Gasteiger partial charge is 0.504 e. The van der Waals surface area contributed by atoms with E-state index in [1.807, 2.05) is 13.8 Å². The number of nitrogens with one attached hydrogen (secondary N) is 2. The molecule has 0 unspecified atom stereocenters. The van der Waals surface area contributed by atoms with Gasteiger partial charge < -0.3 is 15.2 Å². The summed E-state index contributed by atoms with van der Waals surface area (Å²) in [5, 5.41) is 15.5. The van der Waals surface area contributed by atoms with Gasteiger partial charge in [0, 0.05) is 10.6 Å². The van der Waals surface area contributed by atoms with Gasteiger partial charge in [0.05, 0.1) is 16.8 Å². The zero-order valence-corrected chi connectivity index (χ0v) is 15.8. The van der Waals surface area contributed by atoms with Crippen LogP contribution in [-0.2, 0) is 0 Å². The summed E-state index contributed by atoms with van der Waals surface area (Å²) in [6.07, 6.45) is -0.00314. The molecule has 0 aliphatic heterocycles. The van der Waals surface area contributed by atoms with Gasteiger partial charge in [-0.05, 0) is 56.4 Å². The van der Waals surface area contributed by atoms with Crippen molar-refractivity contribution in [2.75, 3.05) is 5.32 Å². The Morgan fingerprint density at radius 2 is 1.96 bits per heavy atom. The van der Waals surface area contributed by atoms with Gasteiger partial charge >= 0.3 is 0 Å². The molecular formula is C17H16Cl2N2O3S. The lowest BCUT2D eigenvalue weighted by atomic mass is 10.2. The highest BCUT2D eigenvalue weighted by Crippen LogP contribution is 2.34. The van der Waals surface area contributed by atoms with Gasteiger partial charge in [0.2, 0.25) is 0 Å². The summed E-state index contributed by atoms with van der Waals surface area (Å²) >= 11 is 16.8. The Kier molecular flexibility index (Phi) is 6.47. The van der Waals surface area contributed by atoms with Crippen molar-refractivity contribution in [2.45, 2.75) is 20.0 Å². The van der Waals surface area contributed by atoms with Crippen LogP contribution < -0.4 is 15.4 Å². The molecule has 25 heavy (non-hydrogen) atoms. The summed E-state index contributed by atoms with van der Waals surface area (Å²) in [7, 11) is 0. The predicted octanol–water partition coefficient (Wildman–Crippen LogP) is 4.61. The molecule has 3 N–H and O–H groups in total. The molecule has 2 aromatic carbocycles. The van der Waals surface area contributed by atoms with E-state index in [-0.39, 0.29) is 27.7 Å². The van der Waals surface area contributed by atoms with Crippen molar-refractivity contribution in [1.82, 2.24) is 5.32 Å². The number of halogens is 2. The summed E-state index contributed by atoms with van der Waals surface area (Å²) in [5.74, 6) is -0.0462. The van der Waals surface area contributed by atoms with Crippen LogP contribution in [0, 0.1) is 0 Å². The number of phenols is 1. The lowest BCUT2D eigenvalue weighted by Gasteiger charge is -2.13. The highest BCUT2D eigenvalue weighted by molar-refractivity contribution is 7.80. The van der Waals surface area contributed by atoms with E-state index in [1.165, 1.54) is 12.1 Å². The first-order valence-electron chi connectivity index (χ1n) is 7.33. The van der Waals surface area contributed by atoms with Gasteiger partial charge in [-0.15, -0.1) is 0 Å². The maximum atomic E-state index is 12.3.